The quantitative estimate of drug-likeness (QED) is 0.837. The Morgan fingerprint density at radius 1 is 1.30 bits per heavy atom. The Kier molecular flexibility index (Phi) is 5.13. The van der Waals surface area contributed by atoms with Crippen LogP contribution in [0.2, 0.25) is 0 Å². The number of phenols is 1. The average Bonchev–Trinajstić information content (AvgIpc) is 2.36. The molecule has 0 aliphatic heterocycles. The molecule has 0 heterocycles. The predicted octanol–water partition coefficient (Wildman–Crippen LogP) is 2.16. The molecule has 20 heavy (non-hydrogen) atoms. The van der Waals surface area contributed by atoms with Gasteiger partial charge in [0.05, 0.1) is 6.61 Å². The van der Waals surface area contributed by atoms with Gasteiger partial charge in [-0.1, -0.05) is 32.0 Å². The lowest BCUT2D eigenvalue weighted by molar-refractivity contribution is -0.171. The summed E-state index contributed by atoms with van der Waals surface area (Å²) in [7, 11) is 0. The van der Waals surface area contributed by atoms with Gasteiger partial charge in [0.25, 0.3) is 0 Å². The largest absolute Gasteiger partial charge is 0.508 e. The first kappa shape index (κ1) is 16.0. The third-order valence-electron chi connectivity index (χ3n) is 3.04. The van der Waals surface area contributed by atoms with Gasteiger partial charge in [0.2, 0.25) is 6.10 Å². The summed E-state index contributed by atoms with van der Waals surface area (Å²) in [4.78, 5) is 23.3. The summed E-state index contributed by atoms with van der Waals surface area (Å²) in [6.45, 7) is 6.52. The van der Waals surface area contributed by atoms with Crippen LogP contribution in [-0.2, 0) is 24.5 Å². The highest BCUT2D eigenvalue weighted by Gasteiger charge is 2.42. The molecule has 0 saturated carbocycles. The van der Waals surface area contributed by atoms with Crippen molar-refractivity contribution in [2.45, 2.75) is 39.2 Å². The molecule has 1 unspecified atom stereocenters. The number of phenolic OH excluding ortho intramolecular Hbond substituents is 1. The molecular formula is C15H20O5. The summed E-state index contributed by atoms with van der Waals surface area (Å²) >= 11 is 0. The molecule has 1 N–H and O–H groups in total. The molecule has 0 bridgehead atoms. The van der Waals surface area contributed by atoms with Crippen LogP contribution >= 0.6 is 0 Å². The molecule has 0 amide bonds. The maximum atomic E-state index is 12.0. The smallest absolute Gasteiger partial charge is 0.348 e. The van der Waals surface area contributed by atoms with Crippen LogP contribution in [0, 0.1) is 0 Å². The molecule has 1 aromatic rings. The monoisotopic (exact) mass is 280 g/mol. The van der Waals surface area contributed by atoms with Gasteiger partial charge >= 0.3 is 11.9 Å². The van der Waals surface area contributed by atoms with E-state index < -0.39 is 23.5 Å². The van der Waals surface area contributed by atoms with Gasteiger partial charge in [-0.05, 0) is 13.0 Å². The molecule has 0 aromatic heterocycles. The van der Waals surface area contributed by atoms with Crippen LogP contribution in [0.1, 0.15) is 33.3 Å². The Morgan fingerprint density at radius 2 is 1.90 bits per heavy atom. The van der Waals surface area contributed by atoms with Gasteiger partial charge in [-0.15, -0.1) is 0 Å². The lowest BCUT2D eigenvalue weighted by Gasteiger charge is -2.32. The zero-order valence-electron chi connectivity index (χ0n) is 12.2. The number of aromatic hydroxyl groups is 1. The van der Waals surface area contributed by atoms with E-state index >= 15 is 0 Å². The molecule has 1 aromatic carbocycles. The normalized spacial score (nSPS) is 12.6. The maximum absolute atomic E-state index is 12.0. The summed E-state index contributed by atoms with van der Waals surface area (Å²) in [5.41, 5.74) is -0.400. The van der Waals surface area contributed by atoms with Crippen molar-refractivity contribution in [3.8, 4) is 5.75 Å². The second-order valence-corrected chi connectivity index (χ2v) is 4.98. The van der Waals surface area contributed by atoms with Crippen LogP contribution in [0.15, 0.2) is 24.3 Å². The fraction of sp³-hybridized carbons (Fsp3) is 0.467. The Bertz CT molecular complexity index is 493. The average molecular weight is 280 g/mol. The SMILES string of the molecule is CCOC(=O)C(OC(C)=O)C(C)(C)c1ccccc1O. The molecule has 1 rings (SSSR count). The number of hydrogen-bond donors (Lipinski definition) is 1. The van der Waals surface area contributed by atoms with Gasteiger partial charge in [-0.25, -0.2) is 4.79 Å². The first-order chi connectivity index (χ1) is 9.30. The van der Waals surface area contributed by atoms with E-state index in [0.29, 0.717) is 5.56 Å². The molecule has 5 nitrogen and oxygen atoms in total. The van der Waals surface area contributed by atoms with Crippen molar-refractivity contribution in [2.24, 2.45) is 0 Å². The van der Waals surface area contributed by atoms with Crippen molar-refractivity contribution in [1.29, 1.82) is 0 Å². The van der Waals surface area contributed by atoms with Crippen LogP contribution < -0.4 is 0 Å². The first-order valence-electron chi connectivity index (χ1n) is 6.43. The number of para-hydroxylation sites is 1. The highest BCUT2D eigenvalue weighted by atomic mass is 16.6. The minimum Gasteiger partial charge on any atom is -0.508 e. The van der Waals surface area contributed by atoms with Crippen molar-refractivity contribution in [2.75, 3.05) is 6.61 Å². The van der Waals surface area contributed by atoms with E-state index in [1.807, 2.05) is 0 Å². The standard InChI is InChI=1S/C15H20O5/c1-5-19-14(18)13(20-10(2)16)15(3,4)11-8-6-7-9-12(11)17/h6-9,13,17H,5H2,1-4H3. The van der Waals surface area contributed by atoms with Crippen molar-refractivity contribution in [1.82, 2.24) is 0 Å². The van der Waals surface area contributed by atoms with Crippen LogP contribution in [-0.4, -0.2) is 29.8 Å². The van der Waals surface area contributed by atoms with Gasteiger partial charge in [-0.2, -0.15) is 0 Å². The van der Waals surface area contributed by atoms with Crippen molar-refractivity contribution in [3.05, 3.63) is 29.8 Å². The van der Waals surface area contributed by atoms with Gasteiger partial charge < -0.3 is 14.6 Å². The summed E-state index contributed by atoms with van der Waals surface area (Å²) < 4.78 is 10.1. The molecule has 5 heteroatoms. The van der Waals surface area contributed by atoms with E-state index in [0.717, 1.165) is 0 Å². The third kappa shape index (κ3) is 3.50. The molecule has 0 fully saturated rings. The summed E-state index contributed by atoms with van der Waals surface area (Å²) in [5.74, 6) is -1.17. The fourth-order valence-electron chi connectivity index (χ4n) is 2.03. The van der Waals surface area contributed by atoms with Crippen LogP contribution in [0.3, 0.4) is 0 Å². The van der Waals surface area contributed by atoms with Gasteiger partial charge in [0, 0.05) is 17.9 Å². The molecule has 110 valence electrons. The predicted molar refractivity (Wildman–Crippen MR) is 73.3 cm³/mol. The van der Waals surface area contributed by atoms with E-state index in [9.17, 15) is 14.7 Å². The number of benzene rings is 1. The van der Waals surface area contributed by atoms with Gasteiger partial charge in [0.1, 0.15) is 5.75 Å². The first-order valence-corrected chi connectivity index (χ1v) is 6.43. The van der Waals surface area contributed by atoms with Crippen LogP contribution in [0.25, 0.3) is 0 Å². The van der Waals surface area contributed by atoms with Crippen molar-refractivity contribution < 1.29 is 24.2 Å². The van der Waals surface area contributed by atoms with Gasteiger partial charge in [0.15, 0.2) is 0 Å². The molecule has 0 saturated heterocycles. The summed E-state index contributed by atoms with van der Waals surface area (Å²) in [5, 5.41) is 9.95. The Hall–Kier alpha value is -2.04. The van der Waals surface area contributed by atoms with E-state index in [1.165, 1.54) is 13.0 Å². The number of hydrogen-bond acceptors (Lipinski definition) is 5. The molecule has 0 aliphatic rings. The molecule has 0 aliphatic carbocycles. The Labute approximate surface area is 118 Å². The van der Waals surface area contributed by atoms with Crippen molar-refractivity contribution in [3.63, 3.8) is 0 Å². The molecule has 0 radical (unpaired) electrons. The topological polar surface area (TPSA) is 72.8 Å². The summed E-state index contributed by atoms with van der Waals surface area (Å²) in [6, 6.07) is 6.63. The molecular weight excluding hydrogens is 260 g/mol. The lowest BCUT2D eigenvalue weighted by Crippen LogP contribution is -2.44. The van der Waals surface area contributed by atoms with Gasteiger partial charge in [-0.3, -0.25) is 4.79 Å². The number of ether oxygens (including phenoxy) is 2. The summed E-state index contributed by atoms with van der Waals surface area (Å²) in [6.07, 6.45) is -1.12. The van der Waals surface area contributed by atoms with Crippen LogP contribution in [0.4, 0.5) is 0 Å². The zero-order valence-corrected chi connectivity index (χ0v) is 12.2. The maximum Gasteiger partial charge on any atom is 0.348 e. The van der Waals surface area contributed by atoms with E-state index in [4.69, 9.17) is 9.47 Å². The van der Waals surface area contributed by atoms with E-state index in [-0.39, 0.29) is 12.4 Å². The van der Waals surface area contributed by atoms with Crippen LogP contribution in [0.5, 0.6) is 5.75 Å². The Morgan fingerprint density at radius 3 is 2.40 bits per heavy atom. The number of rotatable bonds is 5. The molecule has 0 spiro atoms. The number of carbonyl (C=O) groups excluding carboxylic acids is 2. The minimum atomic E-state index is -1.12. The second kappa shape index (κ2) is 6.41. The zero-order chi connectivity index (χ0) is 15.3. The lowest BCUT2D eigenvalue weighted by atomic mass is 9.78. The van der Waals surface area contributed by atoms with E-state index in [1.54, 1.807) is 39.0 Å². The Balaban J connectivity index is 3.19. The highest BCUT2D eigenvalue weighted by molar-refractivity contribution is 5.80. The minimum absolute atomic E-state index is 0.0407. The third-order valence-corrected chi connectivity index (χ3v) is 3.04. The van der Waals surface area contributed by atoms with Crippen molar-refractivity contribution >= 4 is 11.9 Å². The highest BCUT2D eigenvalue weighted by Crippen LogP contribution is 2.35. The van der Waals surface area contributed by atoms with E-state index in [2.05, 4.69) is 0 Å². The number of carbonyl (C=O) groups is 2. The number of esters is 2. The molecule has 1 atom stereocenters. The second-order valence-electron chi connectivity index (χ2n) is 4.98. The fourth-order valence-corrected chi connectivity index (χ4v) is 2.03.